The molecule has 0 atom stereocenters. The molecular formula is C12H13BrN2. The zero-order chi connectivity index (χ0) is 10.7. The summed E-state index contributed by atoms with van der Waals surface area (Å²) in [5.41, 5.74) is 8.02. The molecule has 1 aromatic carbocycles. The van der Waals surface area contributed by atoms with Crippen LogP contribution in [0.3, 0.4) is 0 Å². The predicted molar refractivity (Wildman–Crippen MR) is 65.6 cm³/mol. The number of hydrogen-bond donors (Lipinski definition) is 1. The maximum atomic E-state index is 5.56. The molecule has 1 aromatic heterocycles. The standard InChI is InChI=1S/C12H13BrN2/c13-12-3-1-10(2-4-12)8-15-6-5-11(7-14)9-15/h1-6,9H,7-8,14H2. The lowest BCUT2D eigenvalue weighted by Crippen LogP contribution is -1.97. The van der Waals surface area contributed by atoms with Gasteiger partial charge in [0.25, 0.3) is 0 Å². The summed E-state index contributed by atoms with van der Waals surface area (Å²) >= 11 is 3.42. The third-order valence-corrected chi connectivity index (χ3v) is 2.85. The van der Waals surface area contributed by atoms with E-state index >= 15 is 0 Å². The maximum Gasteiger partial charge on any atom is 0.0470 e. The van der Waals surface area contributed by atoms with Gasteiger partial charge in [-0.2, -0.15) is 0 Å². The number of halogens is 1. The van der Waals surface area contributed by atoms with Crippen LogP contribution in [0.1, 0.15) is 11.1 Å². The Morgan fingerprint density at radius 2 is 1.80 bits per heavy atom. The molecule has 1 heterocycles. The molecule has 15 heavy (non-hydrogen) atoms. The molecule has 0 unspecified atom stereocenters. The van der Waals surface area contributed by atoms with Crippen LogP contribution in [-0.2, 0) is 13.1 Å². The number of rotatable bonds is 3. The monoisotopic (exact) mass is 264 g/mol. The van der Waals surface area contributed by atoms with E-state index in [1.54, 1.807) is 0 Å². The summed E-state index contributed by atoms with van der Waals surface area (Å²) in [6, 6.07) is 10.4. The van der Waals surface area contributed by atoms with Crippen LogP contribution < -0.4 is 5.73 Å². The van der Waals surface area contributed by atoms with Crippen LogP contribution in [-0.4, -0.2) is 4.57 Å². The van der Waals surface area contributed by atoms with Crippen LogP contribution in [0.15, 0.2) is 47.2 Å². The zero-order valence-corrected chi connectivity index (χ0v) is 9.94. The van der Waals surface area contributed by atoms with E-state index in [0.717, 1.165) is 11.0 Å². The minimum Gasteiger partial charge on any atom is -0.350 e. The molecule has 2 nitrogen and oxygen atoms in total. The molecular weight excluding hydrogens is 252 g/mol. The number of hydrogen-bond acceptors (Lipinski definition) is 1. The Bertz CT molecular complexity index is 431. The summed E-state index contributed by atoms with van der Waals surface area (Å²) in [4.78, 5) is 0. The topological polar surface area (TPSA) is 30.9 Å². The Labute approximate surface area is 97.8 Å². The second-order valence-electron chi connectivity index (χ2n) is 3.52. The lowest BCUT2D eigenvalue weighted by molar-refractivity contribution is 0.801. The molecule has 0 spiro atoms. The van der Waals surface area contributed by atoms with Crippen molar-refractivity contribution in [3.05, 3.63) is 58.3 Å². The van der Waals surface area contributed by atoms with E-state index in [-0.39, 0.29) is 0 Å². The Morgan fingerprint density at radius 1 is 1.07 bits per heavy atom. The van der Waals surface area contributed by atoms with Gasteiger partial charge in [0.2, 0.25) is 0 Å². The molecule has 3 heteroatoms. The van der Waals surface area contributed by atoms with Gasteiger partial charge < -0.3 is 10.3 Å². The van der Waals surface area contributed by atoms with Gasteiger partial charge in [0.15, 0.2) is 0 Å². The van der Waals surface area contributed by atoms with E-state index in [1.165, 1.54) is 11.1 Å². The summed E-state index contributed by atoms with van der Waals surface area (Å²) < 4.78 is 3.26. The van der Waals surface area contributed by atoms with Crippen molar-refractivity contribution in [3.63, 3.8) is 0 Å². The summed E-state index contributed by atoms with van der Waals surface area (Å²) in [6.07, 6.45) is 4.15. The molecule has 2 aromatic rings. The highest BCUT2D eigenvalue weighted by Gasteiger charge is 1.96. The molecule has 0 amide bonds. The average Bonchev–Trinajstić information content (AvgIpc) is 2.69. The highest BCUT2D eigenvalue weighted by Crippen LogP contribution is 2.12. The Kier molecular flexibility index (Phi) is 3.23. The third kappa shape index (κ3) is 2.70. The van der Waals surface area contributed by atoms with Crippen molar-refractivity contribution in [2.45, 2.75) is 13.1 Å². The van der Waals surface area contributed by atoms with Crippen molar-refractivity contribution < 1.29 is 0 Å². The van der Waals surface area contributed by atoms with Crippen molar-refractivity contribution in [2.24, 2.45) is 5.73 Å². The maximum absolute atomic E-state index is 5.56. The van der Waals surface area contributed by atoms with Gasteiger partial charge >= 0.3 is 0 Å². The van der Waals surface area contributed by atoms with Gasteiger partial charge in [0.1, 0.15) is 0 Å². The molecule has 0 radical (unpaired) electrons. The summed E-state index contributed by atoms with van der Waals surface area (Å²) in [5.74, 6) is 0. The number of aromatic nitrogens is 1. The summed E-state index contributed by atoms with van der Waals surface area (Å²) in [5, 5.41) is 0. The van der Waals surface area contributed by atoms with E-state index < -0.39 is 0 Å². The molecule has 0 saturated carbocycles. The smallest absolute Gasteiger partial charge is 0.0470 e. The quantitative estimate of drug-likeness (QED) is 0.908. The van der Waals surface area contributed by atoms with E-state index in [1.807, 2.05) is 0 Å². The summed E-state index contributed by atoms with van der Waals surface area (Å²) in [6.45, 7) is 1.50. The third-order valence-electron chi connectivity index (χ3n) is 2.33. The van der Waals surface area contributed by atoms with E-state index in [9.17, 15) is 0 Å². The van der Waals surface area contributed by atoms with Crippen LogP contribution in [0, 0.1) is 0 Å². The fraction of sp³-hybridized carbons (Fsp3) is 0.167. The van der Waals surface area contributed by atoms with E-state index in [2.05, 4.69) is 63.2 Å². The van der Waals surface area contributed by atoms with Gasteiger partial charge in [-0.1, -0.05) is 28.1 Å². The highest BCUT2D eigenvalue weighted by molar-refractivity contribution is 9.10. The summed E-state index contributed by atoms with van der Waals surface area (Å²) in [7, 11) is 0. The average molecular weight is 265 g/mol. The first-order chi connectivity index (χ1) is 7.28. The second-order valence-corrected chi connectivity index (χ2v) is 4.44. The first-order valence-electron chi connectivity index (χ1n) is 4.87. The van der Waals surface area contributed by atoms with Gasteiger partial charge in [-0.15, -0.1) is 0 Å². The number of benzene rings is 1. The van der Waals surface area contributed by atoms with E-state index in [4.69, 9.17) is 5.73 Å². The lowest BCUT2D eigenvalue weighted by Gasteiger charge is -2.03. The fourth-order valence-corrected chi connectivity index (χ4v) is 1.77. The molecule has 0 bridgehead atoms. The fourth-order valence-electron chi connectivity index (χ4n) is 1.51. The molecule has 0 aliphatic heterocycles. The molecule has 78 valence electrons. The first-order valence-corrected chi connectivity index (χ1v) is 5.66. The van der Waals surface area contributed by atoms with Crippen molar-refractivity contribution in [1.82, 2.24) is 4.57 Å². The molecule has 2 rings (SSSR count). The normalized spacial score (nSPS) is 10.5. The van der Waals surface area contributed by atoms with Crippen LogP contribution >= 0.6 is 15.9 Å². The molecule has 0 aliphatic rings. The predicted octanol–water partition coefficient (Wildman–Crippen LogP) is 2.76. The van der Waals surface area contributed by atoms with Crippen LogP contribution in [0.5, 0.6) is 0 Å². The zero-order valence-electron chi connectivity index (χ0n) is 8.36. The molecule has 2 N–H and O–H groups in total. The molecule has 0 aliphatic carbocycles. The first kappa shape index (κ1) is 10.5. The van der Waals surface area contributed by atoms with Gasteiger partial charge in [0.05, 0.1) is 0 Å². The van der Waals surface area contributed by atoms with Gasteiger partial charge in [-0.25, -0.2) is 0 Å². The van der Waals surface area contributed by atoms with Crippen molar-refractivity contribution in [2.75, 3.05) is 0 Å². The van der Waals surface area contributed by atoms with Crippen LogP contribution in [0.4, 0.5) is 0 Å². The van der Waals surface area contributed by atoms with Crippen molar-refractivity contribution >= 4 is 15.9 Å². The largest absolute Gasteiger partial charge is 0.350 e. The Hall–Kier alpha value is -1.06. The SMILES string of the molecule is NCc1ccn(Cc2ccc(Br)cc2)c1. The molecule has 0 fully saturated rings. The minimum atomic E-state index is 0.605. The Morgan fingerprint density at radius 3 is 2.40 bits per heavy atom. The number of nitrogens with two attached hydrogens (primary N) is 1. The van der Waals surface area contributed by atoms with Crippen molar-refractivity contribution in [1.29, 1.82) is 0 Å². The van der Waals surface area contributed by atoms with Crippen LogP contribution in [0.25, 0.3) is 0 Å². The lowest BCUT2D eigenvalue weighted by atomic mass is 10.2. The van der Waals surface area contributed by atoms with Gasteiger partial charge in [0, 0.05) is 30.0 Å². The highest BCUT2D eigenvalue weighted by atomic mass is 79.9. The molecule has 0 saturated heterocycles. The Balaban J connectivity index is 2.11. The van der Waals surface area contributed by atoms with Crippen molar-refractivity contribution in [3.8, 4) is 0 Å². The van der Waals surface area contributed by atoms with Gasteiger partial charge in [-0.05, 0) is 29.3 Å². The van der Waals surface area contributed by atoms with Crippen LogP contribution in [0.2, 0.25) is 0 Å². The minimum absolute atomic E-state index is 0.605. The van der Waals surface area contributed by atoms with Gasteiger partial charge in [-0.3, -0.25) is 0 Å². The second kappa shape index (κ2) is 4.64. The number of nitrogens with zero attached hydrogens (tertiary/aromatic N) is 1. The van der Waals surface area contributed by atoms with E-state index in [0.29, 0.717) is 6.54 Å².